The van der Waals surface area contributed by atoms with Crippen LogP contribution in [0.4, 0.5) is 26.3 Å². The summed E-state index contributed by atoms with van der Waals surface area (Å²) in [5.74, 6) is -7.08. The number of carboxylic acid groups (broad SMARTS) is 4. The zero-order valence-corrected chi connectivity index (χ0v) is 45.3. The minimum atomic E-state index is -5.04. The van der Waals surface area contributed by atoms with Gasteiger partial charge in [0.05, 0.1) is 92.3 Å². The number of carbonyl (C=O) groups excluding carboxylic acids is 2. The summed E-state index contributed by atoms with van der Waals surface area (Å²) in [6.07, 6.45) is -4.00. The first-order valence-corrected chi connectivity index (χ1v) is 25.8. The van der Waals surface area contributed by atoms with E-state index < -0.39 is 70.3 Å². The number of halogens is 6. The third-order valence-corrected chi connectivity index (χ3v) is 13.6. The number of nitrogens with zero attached hydrogens (tertiary/aromatic N) is 13. The lowest BCUT2D eigenvalue weighted by Gasteiger charge is -2.12. The normalized spacial score (nSPS) is 11.6. The van der Waals surface area contributed by atoms with Crippen molar-refractivity contribution in [2.24, 2.45) is 0 Å². The van der Waals surface area contributed by atoms with Crippen LogP contribution >= 0.6 is 0 Å². The van der Waals surface area contributed by atoms with Gasteiger partial charge in [0.25, 0.3) is 11.8 Å². The molecule has 6 N–H and O–H groups in total. The molecule has 2 amide bonds. The largest absolute Gasteiger partial charge is 0.478 e. The Morgan fingerprint density at radius 1 is 0.409 bits per heavy atom. The van der Waals surface area contributed by atoms with Crippen molar-refractivity contribution in [3.8, 4) is 68.0 Å². The van der Waals surface area contributed by atoms with Crippen LogP contribution in [0.5, 0.6) is 0 Å². The minimum Gasteiger partial charge on any atom is -0.478 e. The molecule has 0 atom stereocenters. The molecule has 5 aromatic heterocycles. The molecule has 0 aliphatic rings. The van der Waals surface area contributed by atoms with Crippen molar-refractivity contribution in [3.63, 3.8) is 0 Å². The van der Waals surface area contributed by atoms with E-state index in [-0.39, 0.29) is 86.4 Å². The van der Waals surface area contributed by atoms with E-state index in [9.17, 15) is 75.5 Å². The van der Waals surface area contributed by atoms with Crippen LogP contribution in [0.1, 0.15) is 97.2 Å². The minimum absolute atomic E-state index is 0.00151. The van der Waals surface area contributed by atoms with Gasteiger partial charge >= 0.3 is 36.2 Å². The Kier molecular flexibility index (Phi) is 16.0. The number of hydrogen-bond acceptors (Lipinski definition) is 15. The zero-order valence-electron chi connectivity index (χ0n) is 45.3. The van der Waals surface area contributed by atoms with Crippen molar-refractivity contribution in [2.75, 3.05) is 13.1 Å². The molecular weight excluding hydrogens is 1170 g/mol. The molecule has 0 aliphatic heterocycles. The molecule has 0 aliphatic carbocycles. The topological polar surface area (TPSA) is 343 Å². The number of carbonyl (C=O) groups is 6. The summed E-state index contributed by atoms with van der Waals surface area (Å²) in [6, 6.07) is 21.2. The molecule has 5 heterocycles. The van der Waals surface area contributed by atoms with Gasteiger partial charge in [-0.2, -0.15) is 26.3 Å². The molecule has 0 saturated carbocycles. The van der Waals surface area contributed by atoms with Gasteiger partial charge in [-0.15, -0.1) is 20.4 Å². The maximum absolute atomic E-state index is 14.0. The summed E-state index contributed by atoms with van der Waals surface area (Å²) in [6.45, 7) is 3.33. The number of rotatable bonds is 19. The number of aromatic carboxylic acids is 4. The number of nitrogens with one attached hydrogen (secondary N) is 2. The van der Waals surface area contributed by atoms with Crippen molar-refractivity contribution >= 4 is 35.7 Å². The van der Waals surface area contributed by atoms with E-state index in [4.69, 9.17) is 0 Å². The quantitative estimate of drug-likeness (QED) is 0.0326. The first kappa shape index (κ1) is 59.4. The SMILES string of the molecule is Cc1cc(-n2cc(-c3cc(C(=O)NCCCCNC(=O)c4cc(-c5cn(-c6ccc(C(=O)O)c(C)c6)nn5)nc(-c5cn(-c6ccc(C(=O)O)c(C(F)(F)F)c6)nn5)c4)cc(-c4cn(-c5ccc(C(=O)O)c(C(F)(F)F)c5)nn4)c3)nn2)ccc1C(=O)O. The van der Waals surface area contributed by atoms with Crippen molar-refractivity contribution in [1.82, 2.24) is 75.6 Å². The fraction of sp³-hybridized carbons (Fsp3) is 0.140. The monoisotopic (exact) mass is 1210 g/mol. The molecule has 10 rings (SSSR count). The second-order valence-electron chi connectivity index (χ2n) is 19.5. The second-order valence-corrected chi connectivity index (χ2v) is 19.5. The first-order chi connectivity index (χ1) is 41.8. The van der Waals surface area contributed by atoms with Gasteiger partial charge in [0, 0.05) is 35.3 Å². The van der Waals surface area contributed by atoms with Crippen molar-refractivity contribution in [2.45, 2.75) is 39.0 Å². The lowest BCUT2D eigenvalue weighted by atomic mass is 10.0. The summed E-state index contributed by atoms with van der Waals surface area (Å²) < 4.78 is 88.4. The van der Waals surface area contributed by atoms with Crippen molar-refractivity contribution in [1.29, 1.82) is 0 Å². The number of carboxylic acids is 4. The Bertz CT molecular complexity index is 4180. The molecule has 25 nitrogen and oxygen atoms in total. The molecule has 0 unspecified atom stereocenters. The molecule has 10 aromatic rings. The molecule has 31 heteroatoms. The van der Waals surface area contributed by atoms with Gasteiger partial charge in [-0.1, -0.05) is 20.9 Å². The van der Waals surface area contributed by atoms with E-state index in [1.54, 1.807) is 32.0 Å². The number of amides is 2. The van der Waals surface area contributed by atoms with Crippen LogP contribution in [0, 0.1) is 13.8 Å². The number of pyridine rings is 1. The predicted octanol–water partition coefficient (Wildman–Crippen LogP) is 8.46. The highest BCUT2D eigenvalue weighted by Crippen LogP contribution is 2.36. The molecule has 446 valence electrons. The summed E-state index contributed by atoms with van der Waals surface area (Å²) in [7, 11) is 0. The second kappa shape index (κ2) is 23.7. The number of hydrogen-bond donors (Lipinski definition) is 6. The lowest BCUT2D eigenvalue weighted by molar-refractivity contribution is -0.138. The smallest absolute Gasteiger partial charge is 0.417 e. The van der Waals surface area contributed by atoms with Crippen LogP contribution in [0.25, 0.3) is 68.0 Å². The van der Waals surface area contributed by atoms with Crippen molar-refractivity contribution < 1.29 is 75.5 Å². The number of aromatic nitrogens is 13. The molecule has 0 radical (unpaired) electrons. The average Bonchev–Trinajstić information content (AvgIpc) is 2.74. The van der Waals surface area contributed by atoms with Gasteiger partial charge in [-0.05, 0) is 141 Å². The highest BCUT2D eigenvalue weighted by atomic mass is 19.4. The van der Waals surface area contributed by atoms with E-state index in [0.717, 1.165) is 33.6 Å². The van der Waals surface area contributed by atoms with Crippen LogP contribution in [-0.2, 0) is 12.4 Å². The first-order valence-electron chi connectivity index (χ1n) is 25.8. The van der Waals surface area contributed by atoms with E-state index >= 15 is 0 Å². The van der Waals surface area contributed by atoms with Crippen molar-refractivity contribution in [3.05, 3.63) is 184 Å². The van der Waals surface area contributed by atoms with Gasteiger partial charge in [-0.3, -0.25) is 9.59 Å². The molecule has 88 heavy (non-hydrogen) atoms. The van der Waals surface area contributed by atoms with Gasteiger partial charge in [0.2, 0.25) is 0 Å². The summed E-state index contributed by atoms with van der Waals surface area (Å²) >= 11 is 0. The van der Waals surface area contributed by atoms with Crippen LogP contribution in [0.15, 0.2) is 128 Å². The Morgan fingerprint density at radius 2 is 0.727 bits per heavy atom. The summed E-state index contributed by atoms with van der Waals surface area (Å²) in [5.41, 5.74) is -2.18. The highest BCUT2D eigenvalue weighted by molar-refractivity contribution is 5.98. The lowest BCUT2D eigenvalue weighted by Crippen LogP contribution is -2.27. The fourth-order valence-corrected chi connectivity index (χ4v) is 9.15. The molecule has 0 saturated heterocycles. The number of unbranched alkanes of at least 4 members (excludes halogenated alkanes) is 1. The highest BCUT2D eigenvalue weighted by Gasteiger charge is 2.37. The van der Waals surface area contributed by atoms with E-state index in [1.807, 2.05) is 0 Å². The van der Waals surface area contributed by atoms with E-state index in [2.05, 4.69) is 56.9 Å². The van der Waals surface area contributed by atoms with Gasteiger partial charge in [-0.25, -0.2) is 42.9 Å². The Balaban J connectivity index is 0.872. The maximum Gasteiger partial charge on any atom is 0.417 e. The Labute approximate surface area is 489 Å². The molecule has 0 fully saturated rings. The van der Waals surface area contributed by atoms with E-state index in [0.29, 0.717) is 53.0 Å². The molecule has 0 spiro atoms. The standard InChI is InChI=1S/C57H41F6N15O10/c1-28-15-34(5-9-38(28)52(81)82)75-24-46(67-71-75)30-17-31(47-25-76(72-68-47)36-7-11-40(54(85)86)42(22-36)56(58,59)60)19-32(18-30)50(79)64-13-3-4-14-65-51(80)33-20-44(48-26-77(73-69-48)35-6-10-39(53(83)84)29(2)16-35)66-45(21-33)49-27-78(74-70-49)37-8-12-41(55(87)88)43(23-37)57(61,62)63/h5-12,15-27H,3-4,13-14H2,1-2H3,(H,64,79)(H,65,80)(H,81,82)(H,83,84)(H,85,86)(H,87,88). The van der Waals surface area contributed by atoms with E-state index in [1.165, 1.54) is 82.7 Å². The Hall–Kier alpha value is -11.8. The van der Waals surface area contributed by atoms with Crippen LogP contribution < -0.4 is 10.6 Å². The average molecular weight is 1210 g/mol. The number of alkyl halides is 6. The fourth-order valence-electron chi connectivity index (χ4n) is 9.15. The molecule has 5 aromatic carbocycles. The third kappa shape index (κ3) is 12.7. The maximum atomic E-state index is 14.0. The predicted molar refractivity (Wildman–Crippen MR) is 293 cm³/mol. The van der Waals surface area contributed by atoms with Gasteiger partial charge < -0.3 is 31.1 Å². The Morgan fingerprint density at radius 3 is 1.07 bits per heavy atom. The van der Waals surface area contributed by atoms with Gasteiger partial charge in [0.1, 0.15) is 22.8 Å². The summed E-state index contributed by atoms with van der Waals surface area (Å²) in [5, 5.41) is 76.4. The zero-order chi connectivity index (χ0) is 62.9. The van der Waals surface area contributed by atoms with Crippen LogP contribution in [0.2, 0.25) is 0 Å². The number of aryl methyl sites for hydroxylation is 2. The van der Waals surface area contributed by atoms with Crippen LogP contribution in [-0.4, -0.2) is 134 Å². The summed E-state index contributed by atoms with van der Waals surface area (Å²) in [4.78, 5) is 79.1. The molecule has 0 bridgehead atoms. The van der Waals surface area contributed by atoms with Gasteiger partial charge in [0.15, 0.2) is 0 Å². The number of benzene rings is 5. The molecular formula is C57H41F6N15O10. The van der Waals surface area contributed by atoms with Crippen LogP contribution in [0.3, 0.4) is 0 Å². The third-order valence-electron chi connectivity index (χ3n) is 13.6.